The minimum atomic E-state index is -0.361. The largest absolute Gasteiger partial charge is 0.328 e. The second kappa shape index (κ2) is 7.75. The smallest absolute Gasteiger partial charge is 0.255 e. The molecule has 4 rings (SSSR count). The molecule has 2 heterocycles. The van der Waals surface area contributed by atoms with E-state index in [2.05, 4.69) is 26.8 Å². The SMILES string of the molecule is CC1=C(C(=O)Nc2ccc(C)cc2C)[C@H](/C=C/c2ccccc2)n2ncnc2N1. The molecule has 0 radical (unpaired) electrons. The molecule has 1 atom stereocenters. The maximum atomic E-state index is 13.3. The number of allylic oxidation sites excluding steroid dienone is 2. The summed E-state index contributed by atoms with van der Waals surface area (Å²) in [7, 11) is 0. The topological polar surface area (TPSA) is 71.8 Å². The summed E-state index contributed by atoms with van der Waals surface area (Å²) in [5.41, 5.74) is 5.41. The van der Waals surface area contributed by atoms with Crippen LogP contribution in [0.15, 0.2) is 72.2 Å². The number of amides is 1. The van der Waals surface area contributed by atoms with Crippen LogP contribution in [-0.2, 0) is 4.79 Å². The molecule has 6 heteroatoms. The number of hydrogen-bond acceptors (Lipinski definition) is 4. The van der Waals surface area contributed by atoms with Crippen LogP contribution in [0, 0.1) is 13.8 Å². The summed E-state index contributed by atoms with van der Waals surface area (Å²) in [5, 5.41) is 10.6. The molecule has 3 aromatic rings. The van der Waals surface area contributed by atoms with Gasteiger partial charge >= 0.3 is 0 Å². The molecule has 0 saturated heterocycles. The lowest BCUT2D eigenvalue weighted by Crippen LogP contribution is -2.30. The van der Waals surface area contributed by atoms with Gasteiger partial charge in [-0.25, -0.2) is 4.68 Å². The van der Waals surface area contributed by atoms with Crippen molar-refractivity contribution in [2.45, 2.75) is 26.8 Å². The molecule has 0 spiro atoms. The van der Waals surface area contributed by atoms with Crippen LogP contribution in [0.5, 0.6) is 0 Å². The van der Waals surface area contributed by atoms with E-state index in [4.69, 9.17) is 0 Å². The van der Waals surface area contributed by atoms with Gasteiger partial charge in [0.2, 0.25) is 5.95 Å². The van der Waals surface area contributed by atoms with Crippen molar-refractivity contribution in [3.8, 4) is 0 Å². The van der Waals surface area contributed by atoms with Gasteiger partial charge < -0.3 is 10.6 Å². The molecule has 2 N–H and O–H groups in total. The third kappa shape index (κ3) is 3.82. The summed E-state index contributed by atoms with van der Waals surface area (Å²) in [4.78, 5) is 17.5. The highest BCUT2D eigenvalue weighted by atomic mass is 16.1. The summed E-state index contributed by atoms with van der Waals surface area (Å²) < 4.78 is 1.73. The van der Waals surface area contributed by atoms with Crippen molar-refractivity contribution >= 4 is 23.6 Å². The van der Waals surface area contributed by atoms with Gasteiger partial charge in [-0.3, -0.25) is 4.79 Å². The second-order valence-corrected chi connectivity index (χ2v) is 7.18. The summed E-state index contributed by atoms with van der Waals surface area (Å²) in [6, 6.07) is 15.6. The van der Waals surface area contributed by atoms with Crippen LogP contribution >= 0.6 is 0 Å². The van der Waals surface area contributed by atoms with E-state index in [0.717, 1.165) is 28.1 Å². The Labute approximate surface area is 170 Å². The van der Waals surface area contributed by atoms with Crippen molar-refractivity contribution in [2.24, 2.45) is 0 Å². The number of carbonyl (C=O) groups excluding carboxylic acids is 1. The first-order valence-corrected chi connectivity index (χ1v) is 9.52. The Kier molecular flexibility index (Phi) is 4.99. The van der Waals surface area contributed by atoms with E-state index in [-0.39, 0.29) is 11.9 Å². The van der Waals surface area contributed by atoms with Crippen LogP contribution in [0.3, 0.4) is 0 Å². The predicted molar refractivity (Wildman–Crippen MR) is 115 cm³/mol. The van der Waals surface area contributed by atoms with E-state index >= 15 is 0 Å². The van der Waals surface area contributed by atoms with E-state index in [9.17, 15) is 4.79 Å². The first-order valence-electron chi connectivity index (χ1n) is 9.52. The number of hydrogen-bond donors (Lipinski definition) is 2. The van der Waals surface area contributed by atoms with Crippen molar-refractivity contribution in [3.05, 3.63) is 88.9 Å². The number of aryl methyl sites for hydroxylation is 2. The van der Waals surface area contributed by atoms with Crippen LogP contribution in [0.2, 0.25) is 0 Å². The predicted octanol–water partition coefficient (Wildman–Crippen LogP) is 4.49. The van der Waals surface area contributed by atoms with Gasteiger partial charge in [-0.15, -0.1) is 0 Å². The lowest BCUT2D eigenvalue weighted by molar-refractivity contribution is -0.113. The first-order chi connectivity index (χ1) is 14.0. The summed E-state index contributed by atoms with van der Waals surface area (Å²) >= 11 is 0. The van der Waals surface area contributed by atoms with Gasteiger partial charge in [-0.1, -0.05) is 60.2 Å². The summed E-state index contributed by atoms with van der Waals surface area (Å²) in [5.74, 6) is 0.457. The zero-order chi connectivity index (χ0) is 20.4. The number of anilines is 2. The fraction of sp³-hybridized carbons (Fsp3) is 0.174. The Balaban J connectivity index is 1.68. The molecule has 1 aliphatic heterocycles. The summed E-state index contributed by atoms with van der Waals surface area (Å²) in [6.07, 6.45) is 5.47. The third-order valence-corrected chi connectivity index (χ3v) is 4.98. The number of rotatable bonds is 4. The minimum absolute atomic E-state index is 0.161. The second-order valence-electron chi connectivity index (χ2n) is 7.18. The first kappa shape index (κ1) is 18.7. The van der Waals surface area contributed by atoms with Crippen LogP contribution in [0.1, 0.15) is 29.7 Å². The maximum Gasteiger partial charge on any atom is 0.255 e. The lowest BCUT2D eigenvalue weighted by atomic mass is 10.0. The number of fused-ring (bicyclic) bond motifs is 1. The van der Waals surface area contributed by atoms with Crippen molar-refractivity contribution < 1.29 is 4.79 Å². The third-order valence-electron chi connectivity index (χ3n) is 4.98. The fourth-order valence-corrected chi connectivity index (χ4v) is 3.51. The number of nitrogens with zero attached hydrogens (tertiary/aromatic N) is 3. The maximum absolute atomic E-state index is 13.3. The van der Waals surface area contributed by atoms with Crippen LogP contribution in [-0.4, -0.2) is 20.7 Å². The zero-order valence-electron chi connectivity index (χ0n) is 16.7. The minimum Gasteiger partial charge on any atom is -0.328 e. The molecule has 0 aliphatic carbocycles. The van der Waals surface area contributed by atoms with Crippen molar-refractivity contribution in [2.75, 3.05) is 10.6 Å². The Morgan fingerprint density at radius 1 is 1.14 bits per heavy atom. The van der Waals surface area contributed by atoms with Gasteiger partial charge in [0.1, 0.15) is 12.4 Å². The van der Waals surface area contributed by atoms with Gasteiger partial charge in [0.15, 0.2) is 0 Å². The Morgan fingerprint density at radius 3 is 2.69 bits per heavy atom. The van der Waals surface area contributed by atoms with Crippen molar-refractivity contribution in [3.63, 3.8) is 0 Å². The molecule has 1 aliphatic rings. The van der Waals surface area contributed by atoms with E-state index in [1.807, 2.05) is 75.4 Å². The number of carbonyl (C=O) groups is 1. The lowest BCUT2D eigenvalue weighted by Gasteiger charge is -2.26. The van der Waals surface area contributed by atoms with Gasteiger partial charge in [-0.2, -0.15) is 10.1 Å². The Hall–Kier alpha value is -3.67. The highest BCUT2D eigenvalue weighted by molar-refractivity contribution is 6.06. The van der Waals surface area contributed by atoms with Crippen molar-refractivity contribution in [1.29, 1.82) is 0 Å². The number of aromatic nitrogens is 3. The van der Waals surface area contributed by atoms with Crippen molar-refractivity contribution in [1.82, 2.24) is 14.8 Å². The normalized spacial score (nSPS) is 15.9. The zero-order valence-corrected chi connectivity index (χ0v) is 16.7. The molecule has 0 unspecified atom stereocenters. The monoisotopic (exact) mass is 385 g/mol. The van der Waals surface area contributed by atoms with E-state index in [1.165, 1.54) is 6.33 Å². The number of nitrogens with one attached hydrogen (secondary N) is 2. The van der Waals surface area contributed by atoms with Gasteiger partial charge in [0.25, 0.3) is 5.91 Å². The molecule has 0 fully saturated rings. The summed E-state index contributed by atoms with van der Waals surface area (Å²) in [6.45, 7) is 5.91. The van der Waals surface area contributed by atoms with Crippen LogP contribution < -0.4 is 10.6 Å². The van der Waals surface area contributed by atoms with Gasteiger partial charge in [0, 0.05) is 11.4 Å². The van der Waals surface area contributed by atoms with Crippen LogP contribution in [0.4, 0.5) is 11.6 Å². The fourth-order valence-electron chi connectivity index (χ4n) is 3.51. The average molecular weight is 385 g/mol. The highest BCUT2D eigenvalue weighted by Crippen LogP contribution is 2.32. The molecule has 29 heavy (non-hydrogen) atoms. The van der Waals surface area contributed by atoms with Crippen LogP contribution in [0.25, 0.3) is 6.08 Å². The Bertz CT molecular complexity index is 1110. The van der Waals surface area contributed by atoms with E-state index in [0.29, 0.717) is 11.5 Å². The van der Waals surface area contributed by atoms with Gasteiger partial charge in [0.05, 0.1) is 5.57 Å². The Morgan fingerprint density at radius 2 is 1.93 bits per heavy atom. The molecule has 1 amide bonds. The van der Waals surface area contributed by atoms with Gasteiger partial charge in [-0.05, 0) is 38.0 Å². The average Bonchev–Trinajstić information content (AvgIpc) is 3.16. The molecule has 0 saturated carbocycles. The quantitative estimate of drug-likeness (QED) is 0.694. The molecule has 2 aromatic carbocycles. The molecule has 1 aromatic heterocycles. The molecule has 0 bridgehead atoms. The standard InChI is InChI=1S/C23H23N5O/c1-15-9-11-19(16(2)13-15)27-22(29)21-17(3)26-23-24-14-25-28(23)20(21)12-10-18-7-5-4-6-8-18/h4-14,20H,1-3H3,(H,27,29)(H,24,25,26)/b12-10+/t20-/m0/s1. The number of benzene rings is 2. The van der Waals surface area contributed by atoms with E-state index in [1.54, 1.807) is 4.68 Å². The molecular weight excluding hydrogens is 362 g/mol. The molecular formula is C23H23N5O. The highest BCUT2D eigenvalue weighted by Gasteiger charge is 2.30. The van der Waals surface area contributed by atoms with E-state index < -0.39 is 0 Å². The molecule has 6 nitrogen and oxygen atoms in total. The molecule has 146 valence electrons.